The molecule has 0 fully saturated rings. The van der Waals surface area contributed by atoms with Gasteiger partial charge in [0.05, 0.1) is 12.8 Å². The number of nitrogen functional groups attached to an aromatic ring is 1. The van der Waals surface area contributed by atoms with Crippen LogP contribution < -0.4 is 15.9 Å². The van der Waals surface area contributed by atoms with Gasteiger partial charge in [0, 0.05) is 22.9 Å². The van der Waals surface area contributed by atoms with Crippen LogP contribution in [-0.2, 0) is 11.1 Å². The molecule has 6 nitrogen and oxygen atoms in total. The topological polar surface area (TPSA) is 90.5 Å². The Balaban J connectivity index is 1.93. The average Bonchev–Trinajstić information content (AvgIpc) is 2.64. The Morgan fingerprint density at radius 3 is 2.84 bits per heavy atom. The smallest absolute Gasteiger partial charge is 0.491 e. The summed E-state index contributed by atoms with van der Waals surface area (Å²) in [6, 6.07) is 9.85. The molecule has 25 heavy (non-hydrogen) atoms. The van der Waals surface area contributed by atoms with Gasteiger partial charge < -0.3 is 20.1 Å². The fourth-order valence-corrected chi connectivity index (χ4v) is 3.32. The van der Waals surface area contributed by atoms with Crippen LogP contribution >= 0.6 is 0 Å². The quantitative estimate of drug-likeness (QED) is 0.689. The Bertz CT molecular complexity index is 977. The molecule has 0 saturated heterocycles. The zero-order chi connectivity index (χ0) is 17.6. The zero-order valence-corrected chi connectivity index (χ0v) is 14.1. The number of aryl methyl sites for hydroxylation is 1. The Morgan fingerprint density at radius 2 is 2.04 bits per heavy atom. The second kappa shape index (κ2) is 6.02. The lowest BCUT2D eigenvalue weighted by atomic mass is 9.72. The summed E-state index contributed by atoms with van der Waals surface area (Å²) in [4.78, 5) is 0. The Morgan fingerprint density at radius 1 is 1.20 bits per heavy atom. The average molecular weight is 335 g/mol. The standard InChI is InChI=1S/C18H18BN3O3/c1-10-14-7-11(3-4-13(14)18(20)22-21-10)15-9-16-12(8-17(15)24-2)5-6-25-19(16)23/h3-4,7-9,23H,5-6H2,1-2H3,(H2,20,22). The minimum Gasteiger partial charge on any atom is -0.496 e. The van der Waals surface area contributed by atoms with E-state index in [2.05, 4.69) is 10.2 Å². The van der Waals surface area contributed by atoms with Crippen molar-refractivity contribution in [3.63, 3.8) is 0 Å². The molecule has 2 aromatic carbocycles. The molecule has 3 aromatic rings. The summed E-state index contributed by atoms with van der Waals surface area (Å²) in [6.45, 7) is 2.41. The lowest BCUT2D eigenvalue weighted by molar-refractivity contribution is 0.266. The van der Waals surface area contributed by atoms with E-state index in [4.69, 9.17) is 15.1 Å². The summed E-state index contributed by atoms with van der Waals surface area (Å²) in [6.07, 6.45) is 0.756. The largest absolute Gasteiger partial charge is 0.496 e. The molecule has 0 spiro atoms. The number of anilines is 1. The first-order chi connectivity index (χ1) is 12.1. The Labute approximate surface area is 145 Å². The molecule has 7 heteroatoms. The van der Waals surface area contributed by atoms with E-state index in [1.54, 1.807) is 7.11 Å². The first-order valence-electron chi connectivity index (χ1n) is 8.12. The molecule has 2 heterocycles. The van der Waals surface area contributed by atoms with Gasteiger partial charge in [0.15, 0.2) is 5.82 Å². The van der Waals surface area contributed by atoms with Crippen molar-refractivity contribution >= 4 is 29.2 Å². The van der Waals surface area contributed by atoms with Gasteiger partial charge in [0.1, 0.15) is 5.75 Å². The van der Waals surface area contributed by atoms with E-state index < -0.39 is 7.12 Å². The van der Waals surface area contributed by atoms with Gasteiger partial charge in [-0.1, -0.05) is 12.1 Å². The Hall–Kier alpha value is -2.64. The minimum absolute atomic E-state index is 0.411. The van der Waals surface area contributed by atoms with Crippen molar-refractivity contribution in [2.24, 2.45) is 0 Å². The van der Waals surface area contributed by atoms with E-state index in [1.165, 1.54) is 0 Å². The van der Waals surface area contributed by atoms with Gasteiger partial charge in [0.25, 0.3) is 0 Å². The number of ether oxygens (including phenoxy) is 1. The van der Waals surface area contributed by atoms with Crippen LogP contribution in [0.5, 0.6) is 5.75 Å². The van der Waals surface area contributed by atoms with Crippen molar-refractivity contribution in [3.8, 4) is 16.9 Å². The van der Waals surface area contributed by atoms with Crippen molar-refractivity contribution in [3.05, 3.63) is 41.6 Å². The summed E-state index contributed by atoms with van der Waals surface area (Å²) in [5, 5.41) is 20.0. The van der Waals surface area contributed by atoms with Crippen LogP contribution in [0.3, 0.4) is 0 Å². The second-order valence-electron chi connectivity index (χ2n) is 6.16. The molecule has 4 rings (SSSR count). The van der Waals surface area contributed by atoms with Crippen LogP contribution in [0.1, 0.15) is 11.3 Å². The predicted molar refractivity (Wildman–Crippen MR) is 97.9 cm³/mol. The van der Waals surface area contributed by atoms with Crippen LogP contribution in [0.2, 0.25) is 0 Å². The summed E-state index contributed by atoms with van der Waals surface area (Å²) >= 11 is 0. The summed E-state index contributed by atoms with van der Waals surface area (Å²) in [5.41, 5.74) is 10.4. The van der Waals surface area contributed by atoms with Crippen molar-refractivity contribution in [1.29, 1.82) is 0 Å². The first-order valence-corrected chi connectivity index (χ1v) is 8.12. The SMILES string of the molecule is COc1cc2c(cc1-c1ccc3c(N)nnc(C)c3c1)B(O)OCC2. The van der Waals surface area contributed by atoms with E-state index in [1.807, 2.05) is 37.3 Å². The van der Waals surface area contributed by atoms with E-state index in [9.17, 15) is 5.02 Å². The lowest BCUT2D eigenvalue weighted by Gasteiger charge is -2.22. The number of fused-ring (bicyclic) bond motifs is 2. The molecule has 3 N–H and O–H groups in total. The van der Waals surface area contributed by atoms with Crippen molar-refractivity contribution in [2.75, 3.05) is 19.5 Å². The lowest BCUT2D eigenvalue weighted by Crippen LogP contribution is -2.41. The summed E-state index contributed by atoms with van der Waals surface area (Å²) in [5.74, 6) is 1.17. The normalized spacial score (nSPS) is 13.8. The summed E-state index contributed by atoms with van der Waals surface area (Å²) in [7, 11) is 0.744. The van der Waals surface area contributed by atoms with Crippen LogP contribution in [-0.4, -0.2) is 36.1 Å². The first kappa shape index (κ1) is 15.9. The van der Waals surface area contributed by atoms with Gasteiger partial charge in [0.2, 0.25) is 0 Å². The number of aromatic nitrogens is 2. The molecule has 1 aliphatic rings. The van der Waals surface area contributed by atoms with Crippen LogP contribution in [0.4, 0.5) is 5.82 Å². The van der Waals surface area contributed by atoms with Crippen LogP contribution in [0, 0.1) is 6.92 Å². The minimum atomic E-state index is -0.905. The van der Waals surface area contributed by atoms with Gasteiger partial charge in [-0.3, -0.25) is 0 Å². The molecule has 126 valence electrons. The third-order valence-corrected chi connectivity index (χ3v) is 4.68. The maximum absolute atomic E-state index is 10.2. The molecule has 0 saturated carbocycles. The number of methoxy groups -OCH3 is 1. The fourth-order valence-electron chi connectivity index (χ4n) is 3.32. The van der Waals surface area contributed by atoms with E-state index >= 15 is 0 Å². The van der Waals surface area contributed by atoms with E-state index in [0.29, 0.717) is 12.4 Å². The summed E-state index contributed by atoms with van der Waals surface area (Å²) < 4.78 is 10.9. The van der Waals surface area contributed by atoms with Crippen molar-refractivity contribution in [1.82, 2.24) is 10.2 Å². The molecule has 0 bridgehead atoms. The number of rotatable bonds is 2. The third-order valence-electron chi connectivity index (χ3n) is 4.68. The highest BCUT2D eigenvalue weighted by Crippen LogP contribution is 2.34. The van der Waals surface area contributed by atoms with Crippen LogP contribution in [0.25, 0.3) is 21.9 Å². The molecule has 0 radical (unpaired) electrons. The number of hydrogen-bond donors (Lipinski definition) is 2. The molecule has 0 amide bonds. The highest BCUT2D eigenvalue weighted by molar-refractivity contribution is 6.61. The maximum Gasteiger partial charge on any atom is 0.491 e. The molecule has 1 aromatic heterocycles. The van der Waals surface area contributed by atoms with E-state index in [-0.39, 0.29) is 0 Å². The van der Waals surface area contributed by atoms with Crippen molar-refractivity contribution < 1.29 is 14.4 Å². The number of nitrogens with zero attached hydrogens (tertiary/aromatic N) is 2. The van der Waals surface area contributed by atoms with Gasteiger partial charge in [-0.25, -0.2) is 0 Å². The number of benzene rings is 2. The molecular weight excluding hydrogens is 317 g/mol. The molecule has 0 aliphatic carbocycles. The van der Waals surface area contributed by atoms with Gasteiger partial charge in [-0.15, -0.1) is 5.10 Å². The van der Waals surface area contributed by atoms with Gasteiger partial charge >= 0.3 is 7.12 Å². The highest BCUT2D eigenvalue weighted by atomic mass is 16.5. The monoisotopic (exact) mass is 335 g/mol. The molecular formula is C18H18BN3O3. The predicted octanol–water partition coefficient (Wildman–Crippen LogP) is 1.46. The van der Waals surface area contributed by atoms with Gasteiger partial charge in [-0.2, -0.15) is 5.10 Å². The number of nitrogens with two attached hydrogens (primary N) is 1. The molecule has 1 aliphatic heterocycles. The van der Waals surface area contributed by atoms with Gasteiger partial charge in [-0.05, 0) is 48.1 Å². The second-order valence-corrected chi connectivity index (χ2v) is 6.16. The maximum atomic E-state index is 10.2. The fraction of sp³-hybridized carbons (Fsp3) is 0.222. The van der Waals surface area contributed by atoms with Crippen molar-refractivity contribution in [2.45, 2.75) is 13.3 Å². The van der Waals surface area contributed by atoms with E-state index in [0.717, 1.165) is 50.8 Å². The Kier molecular flexibility index (Phi) is 3.82. The number of hydrogen-bond acceptors (Lipinski definition) is 6. The van der Waals surface area contributed by atoms with Crippen LogP contribution in [0.15, 0.2) is 30.3 Å². The molecule has 0 unspecified atom stereocenters. The third kappa shape index (κ3) is 2.61. The molecule has 0 atom stereocenters. The highest BCUT2D eigenvalue weighted by Gasteiger charge is 2.27. The zero-order valence-electron chi connectivity index (χ0n) is 14.1.